The smallest absolute Gasteiger partial charge is 0.255 e. The number of nitrogens with two attached hydrogens (primary N) is 1. The molecule has 6 heteroatoms. The number of hydrogen-bond acceptors (Lipinski definition) is 3. The van der Waals surface area contributed by atoms with Gasteiger partial charge in [0, 0.05) is 0 Å². The summed E-state index contributed by atoms with van der Waals surface area (Å²) >= 11 is 0. The Bertz CT molecular complexity index is 881. The lowest BCUT2D eigenvalue weighted by Gasteiger charge is -2.19. The summed E-state index contributed by atoms with van der Waals surface area (Å²) in [6, 6.07) is 32.2. The second kappa shape index (κ2) is 11.3. The molecule has 0 atom stereocenters. The van der Waals surface area contributed by atoms with Gasteiger partial charge in [-0.2, -0.15) is 8.42 Å². The quantitative estimate of drug-likeness (QED) is 0.544. The van der Waals surface area contributed by atoms with E-state index in [2.05, 4.69) is 95.2 Å². The van der Waals surface area contributed by atoms with Gasteiger partial charge in [0.1, 0.15) is 0 Å². The molecule has 0 bridgehead atoms. The van der Waals surface area contributed by atoms with Crippen LogP contribution in [0.4, 0.5) is 0 Å². The molecule has 0 radical (unpaired) electrons. The van der Waals surface area contributed by atoms with Crippen LogP contribution in [-0.2, 0) is 25.4 Å². The average Bonchev–Trinajstić information content (AvgIpc) is 2.76. The van der Waals surface area contributed by atoms with Crippen LogP contribution in [0, 0.1) is 0 Å². The first-order chi connectivity index (χ1) is 14.5. The fraction of sp³-hybridized carbons (Fsp3) is 0.250. The molecule has 0 amide bonds. The van der Waals surface area contributed by atoms with Gasteiger partial charge in [-0.05, 0) is 49.2 Å². The zero-order chi connectivity index (χ0) is 21.2. The van der Waals surface area contributed by atoms with Crippen molar-refractivity contribution in [2.45, 2.75) is 52.9 Å². The van der Waals surface area contributed by atoms with Gasteiger partial charge in [0.2, 0.25) is 0 Å². The van der Waals surface area contributed by atoms with E-state index >= 15 is 0 Å². The van der Waals surface area contributed by atoms with Crippen molar-refractivity contribution in [1.29, 1.82) is 0 Å². The summed E-state index contributed by atoms with van der Waals surface area (Å²) in [5.41, 5.74) is 0. The molecule has 2 N–H and O–H groups in total. The Balaban J connectivity index is 0.000000199. The lowest BCUT2D eigenvalue weighted by molar-refractivity contribution is 0.162. The molecule has 0 saturated heterocycles. The van der Waals surface area contributed by atoms with Crippen molar-refractivity contribution in [3.8, 4) is 0 Å². The highest BCUT2D eigenvalue weighted by molar-refractivity contribution is 7.97. The Labute approximate surface area is 182 Å². The van der Waals surface area contributed by atoms with Crippen LogP contribution in [0.25, 0.3) is 0 Å². The molecule has 4 rings (SSSR count). The van der Waals surface area contributed by atoms with Crippen molar-refractivity contribution in [3.05, 3.63) is 91.0 Å². The normalized spacial score (nSPS) is 14.7. The zero-order valence-electron chi connectivity index (χ0n) is 16.9. The molecule has 3 aromatic rings. The van der Waals surface area contributed by atoms with Gasteiger partial charge in [0.05, 0.1) is 17.0 Å². The zero-order valence-corrected chi connectivity index (χ0v) is 18.5. The average molecular weight is 443 g/mol. The molecule has 0 spiro atoms. The molecule has 4 nitrogen and oxygen atoms in total. The third-order valence-electron chi connectivity index (χ3n) is 4.76. The van der Waals surface area contributed by atoms with Gasteiger partial charge >= 0.3 is 10.3 Å². The van der Waals surface area contributed by atoms with Crippen LogP contribution in [0.3, 0.4) is 0 Å². The molecule has 0 heterocycles. The van der Waals surface area contributed by atoms with E-state index in [4.69, 9.17) is 5.14 Å². The predicted octanol–water partition coefficient (Wildman–Crippen LogP) is 5.32. The first-order valence-corrected chi connectivity index (χ1v) is 12.8. The van der Waals surface area contributed by atoms with Crippen LogP contribution in [-0.4, -0.2) is 14.5 Å². The van der Waals surface area contributed by atoms with Crippen molar-refractivity contribution in [2.24, 2.45) is 5.14 Å². The Kier molecular flexibility index (Phi) is 8.51. The first-order valence-electron chi connectivity index (χ1n) is 10.1. The Morgan fingerprint density at radius 2 is 1.03 bits per heavy atom. The van der Waals surface area contributed by atoms with Crippen molar-refractivity contribution < 1.29 is 12.6 Å². The highest BCUT2D eigenvalue weighted by atomic mass is 32.2. The minimum absolute atomic E-state index is 0.0146. The Morgan fingerprint density at radius 3 is 1.37 bits per heavy atom. The summed E-state index contributed by atoms with van der Waals surface area (Å²) in [4.78, 5) is 4.08. The van der Waals surface area contributed by atoms with E-state index in [1.54, 1.807) is 0 Å². The molecule has 1 aliphatic carbocycles. The molecule has 0 aliphatic heterocycles. The summed E-state index contributed by atoms with van der Waals surface area (Å²) < 4.78 is 25.5. The number of benzene rings is 3. The van der Waals surface area contributed by atoms with Crippen molar-refractivity contribution in [3.63, 3.8) is 0 Å². The molecule has 3 aromatic carbocycles. The predicted molar refractivity (Wildman–Crippen MR) is 123 cm³/mol. The van der Waals surface area contributed by atoms with Crippen LogP contribution in [0.5, 0.6) is 0 Å². The molecule has 0 aromatic heterocycles. The van der Waals surface area contributed by atoms with E-state index in [9.17, 15) is 8.42 Å². The number of hydrogen-bond donors (Lipinski definition) is 1. The van der Waals surface area contributed by atoms with E-state index in [1.165, 1.54) is 21.1 Å². The largest absolute Gasteiger partial charge is 0.333 e. The van der Waals surface area contributed by atoms with E-state index in [1.807, 2.05) is 0 Å². The number of rotatable bonds is 5. The maximum Gasteiger partial charge on any atom is 0.333 e. The highest BCUT2D eigenvalue weighted by Crippen LogP contribution is 2.30. The monoisotopic (exact) mass is 442 g/mol. The van der Waals surface area contributed by atoms with Crippen molar-refractivity contribution in [1.82, 2.24) is 0 Å². The second-order valence-corrected chi connectivity index (χ2v) is 10.3. The standard InChI is InChI=1S/C18H15S.C6H13NO3S/c1-4-10-16(11-5-1)19(17-12-6-2-7-13-17)18-14-8-3-9-15-18;7-11(8,9)10-6-4-2-1-3-5-6/h1-15H;6H,1-5H2,(H2,7,8,9)/q+1;. The molecule has 1 saturated carbocycles. The fourth-order valence-electron chi connectivity index (χ4n) is 3.43. The molecule has 0 unspecified atom stereocenters. The summed E-state index contributed by atoms with van der Waals surface area (Å²) in [6.07, 6.45) is 4.72. The third kappa shape index (κ3) is 7.29. The van der Waals surface area contributed by atoms with Gasteiger partial charge in [-0.15, -0.1) is 0 Å². The molecule has 1 fully saturated rings. The van der Waals surface area contributed by atoms with E-state index < -0.39 is 10.3 Å². The van der Waals surface area contributed by atoms with Gasteiger partial charge in [-0.1, -0.05) is 73.9 Å². The maximum absolute atomic E-state index is 10.5. The molecule has 1 aliphatic rings. The lowest BCUT2D eigenvalue weighted by atomic mass is 9.98. The molecular formula is C24H28NO3S2+. The van der Waals surface area contributed by atoms with E-state index in [0.29, 0.717) is 0 Å². The van der Waals surface area contributed by atoms with Crippen LogP contribution >= 0.6 is 0 Å². The van der Waals surface area contributed by atoms with Gasteiger partial charge in [-0.25, -0.2) is 5.14 Å². The summed E-state index contributed by atoms with van der Waals surface area (Å²) in [5.74, 6) is 0. The maximum atomic E-state index is 10.5. The summed E-state index contributed by atoms with van der Waals surface area (Å²) in [6.45, 7) is 0. The van der Waals surface area contributed by atoms with Crippen molar-refractivity contribution in [2.75, 3.05) is 0 Å². The van der Waals surface area contributed by atoms with Gasteiger partial charge in [0.25, 0.3) is 0 Å². The molecule has 158 valence electrons. The van der Waals surface area contributed by atoms with E-state index in [0.717, 1.165) is 25.7 Å². The van der Waals surface area contributed by atoms with Crippen molar-refractivity contribution >= 4 is 21.2 Å². The van der Waals surface area contributed by atoms with Crippen LogP contribution in [0.1, 0.15) is 32.1 Å². The van der Waals surface area contributed by atoms with E-state index in [-0.39, 0.29) is 17.0 Å². The first kappa shape index (κ1) is 22.6. The van der Waals surface area contributed by atoms with Gasteiger partial charge in [0.15, 0.2) is 14.7 Å². The highest BCUT2D eigenvalue weighted by Gasteiger charge is 2.27. The molecule has 30 heavy (non-hydrogen) atoms. The van der Waals surface area contributed by atoms with Crippen LogP contribution in [0.2, 0.25) is 0 Å². The Morgan fingerprint density at radius 1 is 0.667 bits per heavy atom. The SMILES string of the molecule is NS(=O)(=O)OC1CCCCC1.c1ccc([S+](c2ccccc2)c2ccccc2)cc1. The summed E-state index contributed by atoms with van der Waals surface area (Å²) in [5, 5.41) is 4.72. The van der Waals surface area contributed by atoms with Crippen LogP contribution < -0.4 is 5.14 Å². The minimum atomic E-state index is -3.72. The van der Waals surface area contributed by atoms with Crippen LogP contribution in [0.15, 0.2) is 106 Å². The lowest BCUT2D eigenvalue weighted by Crippen LogP contribution is -2.25. The second-order valence-electron chi connectivity index (χ2n) is 7.09. The van der Waals surface area contributed by atoms with Gasteiger partial charge < -0.3 is 0 Å². The van der Waals surface area contributed by atoms with Gasteiger partial charge in [-0.3, -0.25) is 4.18 Å². The Hall–Kier alpha value is -2.12. The third-order valence-corrected chi connectivity index (χ3v) is 7.53. The molecular weight excluding hydrogens is 414 g/mol. The minimum Gasteiger partial charge on any atom is -0.255 e. The fourth-order valence-corrected chi connectivity index (χ4v) is 6.11. The summed E-state index contributed by atoms with van der Waals surface area (Å²) in [7, 11) is -3.74. The topological polar surface area (TPSA) is 69.4 Å².